The maximum Gasteiger partial charge on any atom is 0.236 e. The summed E-state index contributed by atoms with van der Waals surface area (Å²) in [7, 11) is 0. The number of hydrogen-bond acceptors (Lipinski definition) is 3. The van der Waals surface area contributed by atoms with E-state index in [1.165, 1.54) is 96.3 Å². The zero-order valence-corrected chi connectivity index (χ0v) is 19.0. The first-order chi connectivity index (χ1) is 13.7. The molecule has 0 aliphatic heterocycles. The third-order valence-corrected chi connectivity index (χ3v) is 5.64. The van der Waals surface area contributed by atoms with Crippen molar-refractivity contribution in [1.29, 1.82) is 0 Å². The van der Waals surface area contributed by atoms with E-state index in [1.807, 2.05) is 0 Å². The average Bonchev–Trinajstić information content (AvgIpc) is 2.70. The van der Waals surface area contributed by atoms with E-state index in [0.717, 1.165) is 32.2 Å². The maximum absolute atomic E-state index is 11.8. The molecule has 1 amide bonds. The quantitative estimate of drug-likeness (QED) is 0.201. The largest absolute Gasteiger partial charge is 0.355 e. The second-order valence-electron chi connectivity index (χ2n) is 8.49. The summed E-state index contributed by atoms with van der Waals surface area (Å²) in [6.07, 6.45) is 24.5. The van der Waals surface area contributed by atoms with Crippen LogP contribution in [0.5, 0.6) is 0 Å². The Morgan fingerprint density at radius 1 is 0.679 bits per heavy atom. The molecule has 0 heterocycles. The Morgan fingerprint density at radius 3 is 1.54 bits per heavy atom. The van der Waals surface area contributed by atoms with E-state index >= 15 is 0 Å². The molecule has 4 heteroatoms. The van der Waals surface area contributed by atoms with Crippen LogP contribution in [0.3, 0.4) is 0 Å². The number of rotatable bonds is 22. The Kier molecular flexibility index (Phi) is 22.2. The lowest BCUT2D eigenvalue weighted by molar-refractivity contribution is -0.122. The number of unbranched alkanes of at least 4 members (excludes halogenated alkanes) is 16. The molecule has 28 heavy (non-hydrogen) atoms. The maximum atomic E-state index is 11.8. The van der Waals surface area contributed by atoms with E-state index in [2.05, 4.69) is 12.2 Å². The van der Waals surface area contributed by atoms with Crippen molar-refractivity contribution in [2.45, 2.75) is 135 Å². The molecule has 1 unspecified atom stereocenters. The summed E-state index contributed by atoms with van der Waals surface area (Å²) in [5.74, 6) is -0.00187. The first kappa shape index (κ1) is 27.4. The molecule has 0 rings (SSSR count). The zero-order valence-electron chi connectivity index (χ0n) is 19.0. The number of nitrogens with two attached hydrogens (primary N) is 2. The van der Waals surface area contributed by atoms with Crippen LogP contribution in [0.15, 0.2) is 0 Å². The molecule has 0 saturated carbocycles. The molecule has 0 fully saturated rings. The van der Waals surface area contributed by atoms with Crippen LogP contribution in [0.4, 0.5) is 0 Å². The van der Waals surface area contributed by atoms with Gasteiger partial charge < -0.3 is 16.8 Å². The molecule has 0 aromatic rings. The lowest BCUT2D eigenvalue weighted by atomic mass is 10.0. The fraction of sp³-hybridized carbons (Fsp3) is 0.958. The smallest absolute Gasteiger partial charge is 0.236 e. The van der Waals surface area contributed by atoms with Crippen molar-refractivity contribution in [3.8, 4) is 0 Å². The summed E-state index contributed by atoms with van der Waals surface area (Å²) in [6, 6.07) is -0.368. The van der Waals surface area contributed by atoms with Crippen LogP contribution in [-0.2, 0) is 4.79 Å². The highest BCUT2D eigenvalue weighted by molar-refractivity contribution is 5.81. The molecule has 0 aliphatic carbocycles. The van der Waals surface area contributed by atoms with Gasteiger partial charge in [0.15, 0.2) is 0 Å². The predicted molar refractivity (Wildman–Crippen MR) is 123 cm³/mol. The molecular formula is C24H51N3O. The minimum atomic E-state index is -0.368. The molecule has 0 aromatic carbocycles. The van der Waals surface area contributed by atoms with Gasteiger partial charge in [-0.3, -0.25) is 4.79 Å². The number of hydrogen-bond donors (Lipinski definition) is 3. The van der Waals surface area contributed by atoms with E-state index in [4.69, 9.17) is 11.5 Å². The average molecular weight is 398 g/mol. The lowest BCUT2D eigenvalue weighted by Crippen LogP contribution is -2.40. The predicted octanol–water partition coefficient (Wildman–Crippen LogP) is 5.82. The van der Waals surface area contributed by atoms with E-state index in [9.17, 15) is 4.79 Å². The van der Waals surface area contributed by atoms with Crippen molar-refractivity contribution in [2.24, 2.45) is 11.5 Å². The Labute approximate surface area is 176 Å². The van der Waals surface area contributed by atoms with Gasteiger partial charge in [-0.05, 0) is 25.8 Å². The number of nitrogens with one attached hydrogen (secondary N) is 1. The van der Waals surface area contributed by atoms with E-state index in [1.54, 1.807) is 0 Å². The van der Waals surface area contributed by atoms with Crippen molar-refractivity contribution in [1.82, 2.24) is 5.32 Å². The van der Waals surface area contributed by atoms with Gasteiger partial charge in [0.1, 0.15) is 0 Å². The molecule has 1 atom stereocenters. The third kappa shape index (κ3) is 20.1. The van der Waals surface area contributed by atoms with Gasteiger partial charge in [-0.2, -0.15) is 0 Å². The fourth-order valence-electron chi connectivity index (χ4n) is 3.66. The molecule has 0 saturated heterocycles. The van der Waals surface area contributed by atoms with Gasteiger partial charge in [0.2, 0.25) is 5.91 Å². The third-order valence-electron chi connectivity index (χ3n) is 5.64. The number of carbonyl (C=O) groups is 1. The highest BCUT2D eigenvalue weighted by atomic mass is 16.2. The van der Waals surface area contributed by atoms with Gasteiger partial charge in [0, 0.05) is 6.54 Å². The SMILES string of the molecule is CCCCCCCCCCCCCCCCCCNC(=O)C(N)CCCCN. The molecule has 0 aliphatic rings. The van der Waals surface area contributed by atoms with E-state index in [-0.39, 0.29) is 11.9 Å². The van der Waals surface area contributed by atoms with Gasteiger partial charge in [-0.15, -0.1) is 0 Å². The Hall–Kier alpha value is -0.610. The molecule has 0 spiro atoms. The summed E-state index contributed by atoms with van der Waals surface area (Å²) in [6.45, 7) is 3.72. The highest BCUT2D eigenvalue weighted by Gasteiger charge is 2.11. The Balaban J connectivity index is 3.18. The van der Waals surface area contributed by atoms with Crippen molar-refractivity contribution < 1.29 is 4.79 Å². The topological polar surface area (TPSA) is 81.1 Å². The van der Waals surface area contributed by atoms with Crippen molar-refractivity contribution >= 4 is 5.91 Å². The van der Waals surface area contributed by atoms with Crippen LogP contribution in [0.2, 0.25) is 0 Å². The van der Waals surface area contributed by atoms with Crippen LogP contribution < -0.4 is 16.8 Å². The van der Waals surface area contributed by atoms with Crippen LogP contribution in [0.1, 0.15) is 129 Å². The number of amides is 1. The Bertz CT molecular complexity index is 323. The minimum absolute atomic E-state index is 0.00187. The normalized spacial score (nSPS) is 12.2. The van der Waals surface area contributed by atoms with E-state index < -0.39 is 0 Å². The highest BCUT2D eigenvalue weighted by Crippen LogP contribution is 2.13. The van der Waals surface area contributed by atoms with Gasteiger partial charge in [-0.1, -0.05) is 110 Å². The summed E-state index contributed by atoms with van der Waals surface area (Å²) in [5, 5.41) is 2.96. The lowest BCUT2D eigenvalue weighted by Gasteiger charge is -2.11. The van der Waals surface area contributed by atoms with Crippen molar-refractivity contribution in [3.05, 3.63) is 0 Å². The molecule has 0 aromatic heterocycles. The molecule has 0 radical (unpaired) electrons. The molecule has 168 valence electrons. The van der Waals surface area contributed by atoms with Gasteiger partial charge >= 0.3 is 0 Å². The second kappa shape index (κ2) is 22.7. The second-order valence-corrected chi connectivity index (χ2v) is 8.49. The van der Waals surface area contributed by atoms with Gasteiger partial charge in [0.25, 0.3) is 0 Å². The molecule has 0 bridgehead atoms. The summed E-state index contributed by atoms with van der Waals surface area (Å²) in [5.41, 5.74) is 11.3. The Morgan fingerprint density at radius 2 is 1.11 bits per heavy atom. The van der Waals surface area contributed by atoms with Crippen LogP contribution in [-0.4, -0.2) is 25.0 Å². The first-order valence-electron chi connectivity index (χ1n) is 12.5. The fourth-order valence-corrected chi connectivity index (χ4v) is 3.66. The minimum Gasteiger partial charge on any atom is -0.355 e. The van der Waals surface area contributed by atoms with E-state index in [0.29, 0.717) is 6.54 Å². The van der Waals surface area contributed by atoms with Crippen LogP contribution >= 0.6 is 0 Å². The standard InChI is InChI=1S/C24H51N3O/c1-2-3-4-5-6-7-8-9-10-11-12-13-14-15-16-19-22-27-24(28)23(26)20-17-18-21-25/h23H,2-22,25-26H2,1H3,(H,27,28). The monoisotopic (exact) mass is 397 g/mol. The van der Waals surface area contributed by atoms with Gasteiger partial charge in [-0.25, -0.2) is 0 Å². The van der Waals surface area contributed by atoms with Crippen LogP contribution in [0.25, 0.3) is 0 Å². The van der Waals surface area contributed by atoms with Crippen molar-refractivity contribution in [3.63, 3.8) is 0 Å². The summed E-state index contributed by atoms with van der Waals surface area (Å²) in [4.78, 5) is 11.8. The van der Waals surface area contributed by atoms with Crippen LogP contribution in [0, 0.1) is 0 Å². The number of carbonyl (C=O) groups excluding carboxylic acids is 1. The van der Waals surface area contributed by atoms with Gasteiger partial charge in [0.05, 0.1) is 6.04 Å². The summed E-state index contributed by atoms with van der Waals surface area (Å²) < 4.78 is 0. The van der Waals surface area contributed by atoms with Crippen molar-refractivity contribution in [2.75, 3.05) is 13.1 Å². The summed E-state index contributed by atoms with van der Waals surface area (Å²) >= 11 is 0. The molecular weight excluding hydrogens is 346 g/mol. The zero-order chi connectivity index (χ0) is 20.7. The molecule has 5 N–H and O–H groups in total. The molecule has 4 nitrogen and oxygen atoms in total. The first-order valence-corrected chi connectivity index (χ1v) is 12.5.